The summed E-state index contributed by atoms with van der Waals surface area (Å²) >= 11 is 0. The van der Waals surface area contributed by atoms with E-state index < -0.39 is 0 Å². The van der Waals surface area contributed by atoms with Gasteiger partial charge in [-0.1, -0.05) is 0 Å². The number of nitrogens with two attached hydrogens (primary N) is 1. The van der Waals surface area contributed by atoms with E-state index in [4.69, 9.17) is 10.5 Å². The molecule has 0 fully saturated rings. The van der Waals surface area contributed by atoms with Crippen LogP contribution in [0.15, 0.2) is 18.3 Å². The number of hydrogen-bond acceptors (Lipinski definition) is 4. The van der Waals surface area contributed by atoms with Crippen molar-refractivity contribution in [2.24, 2.45) is 0 Å². The molecule has 0 aromatic carbocycles. The average Bonchev–Trinajstić information content (AvgIpc) is 2.13. The molecule has 0 unspecified atom stereocenters. The molecule has 0 aliphatic heterocycles. The van der Waals surface area contributed by atoms with Crippen molar-refractivity contribution in [2.45, 2.75) is 6.42 Å². The molecule has 13 heavy (non-hydrogen) atoms. The van der Waals surface area contributed by atoms with Gasteiger partial charge in [0.15, 0.2) is 0 Å². The number of nitrogen functional groups attached to an aromatic ring is 1. The first-order valence-electron chi connectivity index (χ1n) is 4.27. The Morgan fingerprint density at radius 3 is 3.15 bits per heavy atom. The fraction of sp³-hybridized carbons (Fsp3) is 0.444. The maximum Gasteiger partial charge on any atom is 0.125 e. The van der Waals surface area contributed by atoms with Crippen molar-refractivity contribution < 1.29 is 4.74 Å². The van der Waals surface area contributed by atoms with Crippen LogP contribution in [0, 0.1) is 0 Å². The van der Waals surface area contributed by atoms with Crippen molar-refractivity contribution in [3.63, 3.8) is 0 Å². The highest BCUT2D eigenvalue weighted by Crippen LogP contribution is 2.08. The zero-order chi connectivity index (χ0) is 9.52. The molecular formula is C9H15N3O. The van der Waals surface area contributed by atoms with Gasteiger partial charge < -0.3 is 15.8 Å². The number of pyridine rings is 1. The maximum absolute atomic E-state index is 5.51. The van der Waals surface area contributed by atoms with Gasteiger partial charge in [-0.15, -0.1) is 0 Å². The van der Waals surface area contributed by atoms with Gasteiger partial charge in [0, 0.05) is 38.2 Å². The third-order valence-corrected chi connectivity index (χ3v) is 1.64. The lowest BCUT2D eigenvalue weighted by atomic mass is 10.3. The van der Waals surface area contributed by atoms with Gasteiger partial charge in [0.05, 0.1) is 0 Å². The van der Waals surface area contributed by atoms with E-state index in [0.29, 0.717) is 5.82 Å². The first-order valence-corrected chi connectivity index (χ1v) is 4.27. The number of methoxy groups -OCH3 is 1. The minimum Gasteiger partial charge on any atom is -0.385 e. The molecule has 0 bridgehead atoms. The molecule has 1 aromatic rings. The van der Waals surface area contributed by atoms with Crippen LogP contribution in [0.5, 0.6) is 0 Å². The fourth-order valence-corrected chi connectivity index (χ4v) is 1.01. The highest BCUT2D eigenvalue weighted by molar-refractivity contribution is 5.49. The Kier molecular flexibility index (Phi) is 4.05. The predicted molar refractivity (Wildman–Crippen MR) is 53.6 cm³/mol. The lowest BCUT2D eigenvalue weighted by Crippen LogP contribution is -2.05. The van der Waals surface area contributed by atoms with Crippen molar-refractivity contribution in [1.82, 2.24) is 4.98 Å². The van der Waals surface area contributed by atoms with Crippen LogP contribution in [0.4, 0.5) is 11.5 Å². The van der Waals surface area contributed by atoms with Crippen molar-refractivity contribution in [2.75, 3.05) is 31.3 Å². The van der Waals surface area contributed by atoms with E-state index in [2.05, 4.69) is 10.3 Å². The third kappa shape index (κ3) is 3.75. The Hall–Kier alpha value is -1.29. The summed E-state index contributed by atoms with van der Waals surface area (Å²) in [6.07, 6.45) is 2.67. The van der Waals surface area contributed by atoms with Crippen LogP contribution in [0.1, 0.15) is 6.42 Å². The molecule has 72 valence electrons. The monoisotopic (exact) mass is 181 g/mol. The average molecular weight is 181 g/mol. The minimum atomic E-state index is 0.539. The molecule has 0 atom stereocenters. The van der Waals surface area contributed by atoms with E-state index in [1.54, 1.807) is 13.3 Å². The number of hydrogen-bond donors (Lipinski definition) is 2. The molecule has 0 amide bonds. The third-order valence-electron chi connectivity index (χ3n) is 1.64. The number of rotatable bonds is 5. The molecule has 1 heterocycles. The molecule has 0 radical (unpaired) electrons. The Labute approximate surface area is 78.1 Å². The van der Waals surface area contributed by atoms with E-state index in [9.17, 15) is 0 Å². The van der Waals surface area contributed by atoms with Gasteiger partial charge >= 0.3 is 0 Å². The van der Waals surface area contributed by atoms with E-state index in [0.717, 1.165) is 25.3 Å². The first-order chi connectivity index (χ1) is 6.33. The number of aromatic nitrogens is 1. The molecule has 0 saturated heterocycles. The van der Waals surface area contributed by atoms with Crippen molar-refractivity contribution in [1.29, 1.82) is 0 Å². The van der Waals surface area contributed by atoms with Crippen molar-refractivity contribution in [3.05, 3.63) is 18.3 Å². The first kappa shape index (κ1) is 9.80. The highest BCUT2D eigenvalue weighted by atomic mass is 16.5. The zero-order valence-electron chi connectivity index (χ0n) is 7.79. The molecule has 1 rings (SSSR count). The van der Waals surface area contributed by atoms with Crippen LogP contribution in [-0.2, 0) is 4.74 Å². The van der Waals surface area contributed by atoms with Crippen molar-refractivity contribution >= 4 is 11.5 Å². The van der Waals surface area contributed by atoms with Gasteiger partial charge in [-0.2, -0.15) is 0 Å². The normalized spacial score (nSPS) is 9.92. The molecule has 4 nitrogen and oxygen atoms in total. The summed E-state index contributed by atoms with van der Waals surface area (Å²) in [5.74, 6) is 0.539. The predicted octanol–water partition coefficient (Wildman–Crippen LogP) is 1.11. The Morgan fingerprint density at radius 2 is 2.46 bits per heavy atom. The van der Waals surface area contributed by atoms with Crippen LogP contribution in [0.2, 0.25) is 0 Å². The van der Waals surface area contributed by atoms with Crippen LogP contribution in [0.25, 0.3) is 0 Å². The smallest absolute Gasteiger partial charge is 0.125 e. The summed E-state index contributed by atoms with van der Waals surface area (Å²) in [5, 5.41) is 3.22. The number of nitrogens with zero attached hydrogens (tertiary/aromatic N) is 1. The second kappa shape index (κ2) is 5.37. The quantitative estimate of drug-likeness (QED) is 0.668. The highest BCUT2D eigenvalue weighted by Gasteiger charge is 1.92. The van der Waals surface area contributed by atoms with E-state index >= 15 is 0 Å². The largest absolute Gasteiger partial charge is 0.385 e. The van der Waals surface area contributed by atoms with Gasteiger partial charge in [0.2, 0.25) is 0 Å². The standard InChI is InChI=1S/C9H15N3O/c1-13-6-2-4-11-8-3-5-12-9(10)7-8/h3,5,7H,2,4,6H2,1H3,(H3,10,11,12). The number of nitrogens with one attached hydrogen (secondary N) is 1. The zero-order valence-corrected chi connectivity index (χ0v) is 7.79. The Bertz CT molecular complexity index is 252. The molecule has 0 saturated carbocycles. The molecule has 0 aliphatic rings. The maximum atomic E-state index is 5.51. The van der Waals surface area contributed by atoms with Crippen LogP contribution in [-0.4, -0.2) is 25.2 Å². The van der Waals surface area contributed by atoms with Gasteiger partial charge in [0.25, 0.3) is 0 Å². The van der Waals surface area contributed by atoms with Gasteiger partial charge in [0.1, 0.15) is 5.82 Å². The summed E-state index contributed by atoms with van der Waals surface area (Å²) in [5.41, 5.74) is 6.52. The van der Waals surface area contributed by atoms with Crippen LogP contribution in [0.3, 0.4) is 0 Å². The molecule has 0 spiro atoms. The van der Waals surface area contributed by atoms with E-state index in [-0.39, 0.29) is 0 Å². The molecule has 1 aromatic heterocycles. The summed E-state index contributed by atoms with van der Waals surface area (Å²) in [6.45, 7) is 1.66. The SMILES string of the molecule is COCCCNc1ccnc(N)c1. The lowest BCUT2D eigenvalue weighted by Gasteiger charge is -2.05. The van der Waals surface area contributed by atoms with Gasteiger partial charge in [-0.05, 0) is 12.5 Å². The summed E-state index contributed by atoms with van der Waals surface area (Å²) in [6, 6.07) is 3.70. The minimum absolute atomic E-state index is 0.539. The molecular weight excluding hydrogens is 166 g/mol. The number of ether oxygens (including phenoxy) is 1. The summed E-state index contributed by atoms with van der Waals surface area (Å²) in [7, 11) is 1.70. The molecule has 3 N–H and O–H groups in total. The summed E-state index contributed by atoms with van der Waals surface area (Å²) < 4.78 is 4.93. The fourth-order valence-electron chi connectivity index (χ4n) is 1.01. The lowest BCUT2D eigenvalue weighted by molar-refractivity contribution is 0.198. The van der Waals surface area contributed by atoms with Gasteiger partial charge in [-0.25, -0.2) is 4.98 Å². The van der Waals surface area contributed by atoms with Crippen LogP contribution >= 0.6 is 0 Å². The van der Waals surface area contributed by atoms with Crippen molar-refractivity contribution in [3.8, 4) is 0 Å². The number of anilines is 2. The molecule has 0 aliphatic carbocycles. The second-order valence-electron chi connectivity index (χ2n) is 2.74. The van der Waals surface area contributed by atoms with Gasteiger partial charge in [-0.3, -0.25) is 0 Å². The Balaban J connectivity index is 2.28. The van der Waals surface area contributed by atoms with E-state index in [1.807, 2.05) is 12.1 Å². The summed E-state index contributed by atoms with van der Waals surface area (Å²) in [4.78, 5) is 3.90. The molecule has 4 heteroatoms. The second-order valence-corrected chi connectivity index (χ2v) is 2.74. The van der Waals surface area contributed by atoms with Crippen LogP contribution < -0.4 is 11.1 Å². The Morgan fingerprint density at radius 1 is 1.62 bits per heavy atom. The van der Waals surface area contributed by atoms with E-state index in [1.165, 1.54) is 0 Å². The topological polar surface area (TPSA) is 60.2 Å².